The van der Waals surface area contributed by atoms with Crippen molar-refractivity contribution in [2.75, 3.05) is 19.6 Å². The van der Waals surface area contributed by atoms with Crippen LogP contribution in [-0.4, -0.2) is 53.9 Å². The molecule has 2 heterocycles. The minimum Gasteiger partial charge on any atom is -0.338 e. The number of likely N-dealkylation sites (tertiary alicyclic amines) is 1. The normalized spacial score (nSPS) is 16.3. The molecule has 1 aromatic heterocycles. The molecule has 1 saturated heterocycles. The summed E-state index contributed by atoms with van der Waals surface area (Å²) in [7, 11) is -3.49. The summed E-state index contributed by atoms with van der Waals surface area (Å²) in [6.07, 6.45) is -2.05. The number of halogens is 3. The maximum Gasteiger partial charge on any atom is 0.416 e. The third-order valence-corrected chi connectivity index (χ3v) is 6.97. The topological polar surface area (TPSA) is 97.2 Å². The van der Waals surface area contributed by atoms with Crippen LogP contribution in [0.1, 0.15) is 27.9 Å². The lowest BCUT2D eigenvalue weighted by Gasteiger charge is -2.17. The Morgan fingerprint density at radius 2 is 1.83 bits per heavy atom. The Hall–Kier alpha value is -3.51. The van der Waals surface area contributed by atoms with Gasteiger partial charge in [-0.2, -0.15) is 13.2 Å². The molecule has 2 aromatic carbocycles. The van der Waals surface area contributed by atoms with E-state index in [1.54, 1.807) is 40.0 Å². The highest BCUT2D eigenvalue weighted by atomic mass is 32.2. The molecule has 1 aliphatic heterocycles. The molecule has 1 N–H and O–H groups in total. The fourth-order valence-corrected chi connectivity index (χ4v) is 4.52. The number of hydrogen-bond donors (Lipinski definition) is 1. The third-order valence-electron chi connectivity index (χ3n) is 5.96. The number of rotatable bonds is 8. The lowest BCUT2D eigenvalue weighted by Crippen LogP contribution is -2.32. The van der Waals surface area contributed by atoms with Gasteiger partial charge in [0.2, 0.25) is 10.0 Å². The molecular formula is C24H24F3N5O3S. The molecule has 0 spiro atoms. The van der Waals surface area contributed by atoms with Crippen molar-refractivity contribution in [2.24, 2.45) is 5.92 Å². The van der Waals surface area contributed by atoms with Crippen LogP contribution in [0.4, 0.5) is 13.2 Å². The van der Waals surface area contributed by atoms with Crippen LogP contribution in [0.25, 0.3) is 11.3 Å². The van der Waals surface area contributed by atoms with Gasteiger partial charge in [0.1, 0.15) is 5.69 Å². The zero-order valence-electron chi connectivity index (χ0n) is 19.1. The van der Waals surface area contributed by atoms with E-state index in [1.807, 2.05) is 0 Å². The van der Waals surface area contributed by atoms with Gasteiger partial charge in [-0.25, -0.2) is 17.8 Å². The van der Waals surface area contributed by atoms with Crippen LogP contribution in [0.15, 0.2) is 66.7 Å². The van der Waals surface area contributed by atoms with Crippen molar-refractivity contribution in [2.45, 2.75) is 19.1 Å². The van der Waals surface area contributed by atoms with Crippen molar-refractivity contribution in [3.05, 3.63) is 83.4 Å². The number of aromatic nitrogens is 3. The number of carbonyl (C=O) groups is 1. The summed E-state index contributed by atoms with van der Waals surface area (Å²) >= 11 is 0. The monoisotopic (exact) mass is 519 g/mol. The summed E-state index contributed by atoms with van der Waals surface area (Å²) in [4.78, 5) is 14.5. The van der Waals surface area contributed by atoms with Gasteiger partial charge in [0.25, 0.3) is 5.91 Å². The van der Waals surface area contributed by atoms with E-state index in [4.69, 9.17) is 0 Å². The van der Waals surface area contributed by atoms with Gasteiger partial charge >= 0.3 is 6.18 Å². The smallest absolute Gasteiger partial charge is 0.338 e. The fraction of sp³-hybridized carbons (Fsp3) is 0.292. The van der Waals surface area contributed by atoms with Crippen LogP contribution in [0.3, 0.4) is 0 Å². The molecule has 1 fully saturated rings. The van der Waals surface area contributed by atoms with Gasteiger partial charge in [-0.15, -0.1) is 5.10 Å². The highest BCUT2D eigenvalue weighted by Crippen LogP contribution is 2.30. The second-order valence-corrected chi connectivity index (χ2v) is 10.3. The summed E-state index contributed by atoms with van der Waals surface area (Å²) < 4.78 is 65.3. The van der Waals surface area contributed by atoms with Crippen molar-refractivity contribution in [3.63, 3.8) is 0 Å². The molecule has 4 rings (SSSR count). The summed E-state index contributed by atoms with van der Waals surface area (Å²) in [5, 5.41) is 8.94. The Balaban J connectivity index is 1.33. The average Bonchev–Trinajstić information content (AvgIpc) is 3.52. The molecule has 0 radical (unpaired) electrons. The minimum absolute atomic E-state index is 0.0362. The quantitative estimate of drug-likeness (QED) is 0.491. The second-order valence-electron chi connectivity index (χ2n) is 8.54. The van der Waals surface area contributed by atoms with Crippen molar-refractivity contribution in [1.82, 2.24) is 24.6 Å². The van der Waals surface area contributed by atoms with E-state index in [0.29, 0.717) is 42.9 Å². The number of nitrogens with zero attached hydrogens (tertiary/aromatic N) is 4. The SMILES string of the molecule is C=CS(=O)(=O)NCC1CCN(C(=O)c2ccc(Cn3cc(-c4ccc(C(F)(F)F)cc4)nn3)cc2)C1. The third kappa shape index (κ3) is 6.18. The Kier molecular flexibility index (Phi) is 7.27. The highest BCUT2D eigenvalue weighted by molar-refractivity contribution is 7.92. The first-order valence-electron chi connectivity index (χ1n) is 11.1. The van der Waals surface area contributed by atoms with Crippen LogP contribution >= 0.6 is 0 Å². The number of alkyl halides is 3. The zero-order valence-corrected chi connectivity index (χ0v) is 20.0. The van der Waals surface area contributed by atoms with Gasteiger partial charge in [0, 0.05) is 36.2 Å². The van der Waals surface area contributed by atoms with Crippen LogP contribution < -0.4 is 4.72 Å². The van der Waals surface area contributed by atoms with Gasteiger partial charge in [-0.1, -0.05) is 36.1 Å². The van der Waals surface area contributed by atoms with E-state index in [-0.39, 0.29) is 18.4 Å². The summed E-state index contributed by atoms with van der Waals surface area (Å²) in [6, 6.07) is 11.8. The predicted molar refractivity (Wildman–Crippen MR) is 127 cm³/mol. The number of nitrogens with one attached hydrogen (secondary N) is 1. The van der Waals surface area contributed by atoms with Gasteiger partial charge in [-0.3, -0.25) is 4.79 Å². The molecular weight excluding hydrogens is 495 g/mol. The Bertz CT molecular complexity index is 1340. The molecule has 0 saturated carbocycles. The van der Waals surface area contributed by atoms with E-state index in [1.165, 1.54) is 12.1 Å². The number of sulfonamides is 1. The molecule has 3 aromatic rings. The lowest BCUT2D eigenvalue weighted by molar-refractivity contribution is -0.137. The second kappa shape index (κ2) is 10.2. The molecule has 12 heteroatoms. The summed E-state index contributed by atoms with van der Waals surface area (Å²) in [5.41, 5.74) is 1.64. The molecule has 1 unspecified atom stereocenters. The molecule has 1 atom stereocenters. The zero-order chi connectivity index (χ0) is 25.9. The summed E-state index contributed by atoms with van der Waals surface area (Å²) in [5.74, 6) is -0.0879. The molecule has 8 nitrogen and oxygen atoms in total. The van der Waals surface area contributed by atoms with E-state index in [9.17, 15) is 26.4 Å². The fourth-order valence-electron chi connectivity index (χ4n) is 3.94. The van der Waals surface area contributed by atoms with Crippen LogP contribution in [0.5, 0.6) is 0 Å². The van der Waals surface area contributed by atoms with Crippen molar-refractivity contribution >= 4 is 15.9 Å². The molecule has 0 aliphatic carbocycles. The number of hydrogen-bond acceptors (Lipinski definition) is 5. The molecule has 1 amide bonds. The predicted octanol–water partition coefficient (Wildman–Crippen LogP) is 3.54. The number of benzene rings is 2. The number of carbonyl (C=O) groups excluding carboxylic acids is 1. The van der Waals surface area contributed by atoms with E-state index in [0.717, 1.165) is 23.1 Å². The average molecular weight is 520 g/mol. The highest BCUT2D eigenvalue weighted by Gasteiger charge is 2.30. The van der Waals surface area contributed by atoms with Gasteiger partial charge < -0.3 is 4.90 Å². The Labute approximate surface area is 206 Å². The maximum atomic E-state index is 12.8. The standard InChI is InChI=1S/C24H24F3N5O3S/c1-2-36(34,35)28-13-18-11-12-31(14-18)23(33)20-5-3-17(4-6-20)15-32-16-22(29-30-32)19-7-9-21(10-8-19)24(25,26)27/h2-10,16,18,28H,1,11-15H2. The van der Waals surface area contributed by atoms with E-state index in [2.05, 4.69) is 21.6 Å². The van der Waals surface area contributed by atoms with Crippen LogP contribution in [0.2, 0.25) is 0 Å². The largest absolute Gasteiger partial charge is 0.416 e. The maximum absolute atomic E-state index is 12.8. The first-order valence-corrected chi connectivity index (χ1v) is 12.7. The summed E-state index contributed by atoms with van der Waals surface area (Å²) in [6.45, 7) is 4.90. The first-order chi connectivity index (χ1) is 17.0. The van der Waals surface area contributed by atoms with Crippen LogP contribution in [-0.2, 0) is 22.7 Å². The van der Waals surface area contributed by atoms with E-state index < -0.39 is 21.8 Å². The first kappa shape index (κ1) is 25.6. The van der Waals surface area contributed by atoms with Crippen molar-refractivity contribution in [1.29, 1.82) is 0 Å². The molecule has 0 bridgehead atoms. The van der Waals surface area contributed by atoms with Gasteiger partial charge in [0.05, 0.1) is 18.3 Å². The van der Waals surface area contributed by atoms with Crippen LogP contribution in [0, 0.1) is 5.92 Å². The van der Waals surface area contributed by atoms with E-state index >= 15 is 0 Å². The van der Waals surface area contributed by atoms with Crippen molar-refractivity contribution < 1.29 is 26.4 Å². The molecule has 36 heavy (non-hydrogen) atoms. The minimum atomic E-state index is -4.40. The van der Waals surface area contributed by atoms with Gasteiger partial charge in [-0.05, 0) is 42.2 Å². The number of amides is 1. The lowest BCUT2D eigenvalue weighted by atomic mass is 10.1. The van der Waals surface area contributed by atoms with Gasteiger partial charge in [0.15, 0.2) is 0 Å². The van der Waals surface area contributed by atoms with Crippen molar-refractivity contribution in [3.8, 4) is 11.3 Å². The Morgan fingerprint density at radius 1 is 1.14 bits per heavy atom. The molecule has 190 valence electrons. The Morgan fingerprint density at radius 3 is 2.47 bits per heavy atom. The molecule has 1 aliphatic rings.